The van der Waals surface area contributed by atoms with E-state index in [9.17, 15) is 8.42 Å². The van der Waals surface area contributed by atoms with Gasteiger partial charge in [0.2, 0.25) is 10.0 Å². The van der Waals surface area contributed by atoms with Gasteiger partial charge in [-0.1, -0.05) is 0 Å². The highest BCUT2D eigenvalue weighted by atomic mass is 32.2. The summed E-state index contributed by atoms with van der Waals surface area (Å²) < 4.78 is 29.3. The van der Waals surface area contributed by atoms with Crippen LogP contribution in [0, 0.1) is 0 Å². The van der Waals surface area contributed by atoms with E-state index >= 15 is 0 Å². The smallest absolute Gasteiger partial charge is 0.211 e. The van der Waals surface area contributed by atoms with Gasteiger partial charge in [0.25, 0.3) is 0 Å². The number of hydrogen-bond acceptors (Lipinski definition) is 4. The van der Waals surface area contributed by atoms with Crippen LogP contribution in [0.4, 0.5) is 0 Å². The Morgan fingerprint density at radius 3 is 2.44 bits per heavy atom. The Morgan fingerprint density at radius 1 is 1.44 bits per heavy atom. The van der Waals surface area contributed by atoms with E-state index in [2.05, 4.69) is 5.32 Å². The maximum Gasteiger partial charge on any atom is 0.211 e. The minimum atomic E-state index is -3.00. The summed E-state index contributed by atoms with van der Waals surface area (Å²) in [4.78, 5) is 0. The fourth-order valence-electron chi connectivity index (χ4n) is 1.81. The predicted molar refractivity (Wildman–Crippen MR) is 63.9 cm³/mol. The van der Waals surface area contributed by atoms with E-state index < -0.39 is 10.0 Å². The molecule has 0 spiro atoms. The molecule has 0 bridgehead atoms. The summed E-state index contributed by atoms with van der Waals surface area (Å²) in [5.41, 5.74) is 0. The Balaban J connectivity index is 2.27. The summed E-state index contributed by atoms with van der Waals surface area (Å²) in [6, 6.07) is 0.413. The normalized spacial score (nSPS) is 22.2. The highest BCUT2D eigenvalue weighted by Crippen LogP contribution is 2.13. The molecule has 0 aromatic rings. The zero-order valence-electron chi connectivity index (χ0n) is 10.3. The highest BCUT2D eigenvalue weighted by molar-refractivity contribution is 7.88. The molecular weight excluding hydrogens is 228 g/mol. The number of hydrogen-bond donors (Lipinski definition) is 1. The van der Waals surface area contributed by atoms with Crippen LogP contribution in [0.5, 0.6) is 0 Å². The lowest BCUT2D eigenvalue weighted by Gasteiger charge is -2.31. The quantitative estimate of drug-likeness (QED) is 0.748. The van der Waals surface area contributed by atoms with Crippen molar-refractivity contribution in [2.75, 3.05) is 33.0 Å². The van der Waals surface area contributed by atoms with Crippen LogP contribution in [-0.4, -0.2) is 57.9 Å². The van der Waals surface area contributed by atoms with Gasteiger partial charge in [0.15, 0.2) is 0 Å². The second-order valence-corrected chi connectivity index (χ2v) is 6.37. The van der Waals surface area contributed by atoms with Crippen molar-refractivity contribution in [3.05, 3.63) is 0 Å². The van der Waals surface area contributed by atoms with Crippen LogP contribution in [0.15, 0.2) is 0 Å². The van der Waals surface area contributed by atoms with E-state index in [0.717, 1.165) is 19.4 Å². The molecule has 96 valence electrons. The van der Waals surface area contributed by atoms with Crippen LogP contribution in [0.25, 0.3) is 0 Å². The summed E-state index contributed by atoms with van der Waals surface area (Å²) in [5, 5.41) is 3.40. The molecule has 1 aliphatic rings. The average molecular weight is 250 g/mol. The van der Waals surface area contributed by atoms with Gasteiger partial charge < -0.3 is 10.1 Å². The topological polar surface area (TPSA) is 58.6 Å². The Hall–Kier alpha value is -0.170. The Kier molecular flexibility index (Phi) is 5.17. The molecule has 1 N–H and O–H groups in total. The van der Waals surface area contributed by atoms with Crippen molar-refractivity contribution in [3.63, 3.8) is 0 Å². The molecule has 0 amide bonds. The molecule has 1 rings (SSSR count). The first kappa shape index (κ1) is 13.9. The summed E-state index contributed by atoms with van der Waals surface area (Å²) in [6.45, 7) is 4.08. The number of methoxy groups -OCH3 is 1. The number of nitrogens with one attached hydrogen (secondary N) is 1. The molecule has 0 aromatic heterocycles. The third-order valence-electron chi connectivity index (χ3n) is 3.02. The molecular formula is C10H22N2O3S. The molecule has 0 aliphatic carbocycles. The van der Waals surface area contributed by atoms with Gasteiger partial charge in [-0.25, -0.2) is 12.7 Å². The SMILES string of the molecule is COC(C)CNC1CCN(S(C)(=O)=O)CC1. The molecule has 1 fully saturated rings. The number of nitrogens with zero attached hydrogens (tertiary/aromatic N) is 1. The van der Waals surface area contributed by atoms with E-state index in [4.69, 9.17) is 4.74 Å². The van der Waals surface area contributed by atoms with E-state index in [1.165, 1.54) is 6.26 Å². The van der Waals surface area contributed by atoms with Crippen LogP contribution in [0.3, 0.4) is 0 Å². The van der Waals surface area contributed by atoms with Crippen molar-refractivity contribution < 1.29 is 13.2 Å². The molecule has 1 heterocycles. The van der Waals surface area contributed by atoms with Gasteiger partial charge in [0.1, 0.15) is 0 Å². The van der Waals surface area contributed by atoms with Gasteiger partial charge in [-0.3, -0.25) is 0 Å². The van der Waals surface area contributed by atoms with E-state index in [-0.39, 0.29) is 6.10 Å². The maximum absolute atomic E-state index is 11.3. The van der Waals surface area contributed by atoms with E-state index in [1.54, 1.807) is 11.4 Å². The van der Waals surface area contributed by atoms with Gasteiger partial charge in [-0.15, -0.1) is 0 Å². The molecule has 0 saturated carbocycles. The van der Waals surface area contributed by atoms with Crippen molar-refractivity contribution in [1.29, 1.82) is 0 Å². The molecule has 1 saturated heterocycles. The number of piperidine rings is 1. The molecule has 5 nitrogen and oxygen atoms in total. The molecule has 1 atom stereocenters. The van der Waals surface area contributed by atoms with Crippen LogP contribution in [0.2, 0.25) is 0 Å². The van der Waals surface area contributed by atoms with Crippen LogP contribution in [-0.2, 0) is 14.8 Å². The average Bonchev–Trinajstić information content (AvgIpc) is 2.25. The zero-order valence-corrected chi connectivity index (χ0v) is 11.1. The van der Waals surface area contributed by atoms with Crippen molar-refractivity contribution >= 4 is 10.0 Å². The van der Waals surface area contributed by atoms with Gasteiger partial charge in [0.05, 0.1) is 12.4 Å². The molecule has 16 heavy (non-hydrogen) atoms. The van der Waals surface area contributed by atoms with Gasteiger partial charge in [-0.2, -0.15) is 0 Å². The first-order valence-electron chi connectivity index (χ1n) is 5.64. The van der Waals surface area contributed by atoms with Crippen molar-refractivity contribution in [2.24, 2.45) is 0 Å². The summed E-state index contributed by atoms with van der Waals surface area (Å²) >= 11 is 0. The summed E-state index contributed by atoms with van der Waals surface area (Å²) in [5.74, 6) is 0. The summed E-state index contributed by atoms with van der Waals surface area (Å²) in [6.07, 6.45) is 3.23. The van der Waals surface area contributed by atoms with Gasteiger partial charge in [0, 0.05) is 32.8 Å². The highest BCUT2D eigenvalue weighted by Gasteiger charge is 2.24. The third kappa shape index (κ3) is 4.37. The van der Waals surface area contributed by atoms with Crippen molar-refractivity contribution in [1.82, 2.24) is 9.62 Å². The molecule has 0 radical (unpaired) electrons. The number of rotatable bonds is 5. The van der Waals surface area contributed by atoms with E-state index in [0.29, 0.717) is 19.1 Å². The first-order valence-corrected chi connectivity index (χ1v) is 7.49. The third-order valence-corrected chi connectivity index (χ3v) is 4.32. The first-order chi connectivity index (χ1) is 7.43. The van der Waals surface area contributed by atoms with Gasteiger partial charge >= 0.3 is 0 Å². The van der Waals surface area contributed by atoms with Crippen LogP contribution in [0.1, 0.15) is 19.8 Å². The Bertz CT molecular complexity index is 297. The lowest BCUT2D eigenvalue weighted by atomic mass is 10.1. The largest absolute Gasteiger partial charge is 0.380 e. The van der Waals surface area contributed by atoms with Gasteiger partial charge in [-0.05, 0) is 19.8 Å². The molecule has 1 aliphatic heterocycles. The fraction of sp³-hybridized carbons (Fsp3) is 1.00. The lowest BCUT2D eigenvalue weighted by molar-refractivity contribution is 0.111. The second kappa shape index (κ2) is 5.95. The van der Waals surface area contributed by atoms with Crippen LogP contribution >= 0.6 is 0 Å². The number of ether oxygens (including phenoxy) is 1. The molecule has 0 aromatic carbocycles. The maximum atomic E-state index is 11.3. The van der Waals surface area contributed by atoms with Crippen molar-refractivity contribution in [3.8, 4) is 0 Å². The lowest BCUT2D eigenvalue weighted by Crippen LogP contribution is -2.46. The summed E-state index contributed by atoms with van der Waals surface area (Å²) in [7, 11) is -1.31. The number of sulfonamides is 1. The minimum absolute atomic E-state index is 0.202. The van der Waals surface area contributed by atoms with E-state index in [1.807, 2.05) is 6.92 Å². The Morgan fingerprint density at radius 2 is 2.00 bits per heavy atom. The molecule has 1 unspecified atom stereocenters. The minimum Gasteiger partial charge on any atom is -0.380 e. The standard InChI is InChI=1S/C10H22N2O3S/c1-9(15-2)8-11-10-4-6-12(7-5-10)16(3,13)14/h9-11H,4-8H2,1-3H3. The molecule has 6 heteroatoms. The monoisotopic (exact) mass is 250 g/mol. The zero-order chi connectivity index (χ0) is 12.2. The van der Waals surface area contributed by atoms with Crippen LogP contribution < -0.4 is 5.32 Å². The predicted octanol–water partition coefficient (Wildman–Crippen LogP) is 0.0349. The Labute approximate surface area is 98.2 Å². The second-order valence-electron chi connectivity index (χ2n) is 4.39. The fourth-order valence-corrected chi connectivity index (χ4v) is 2.68. The van der Waals surface area contributed by atoms with Crippen molar-refractivity contribution in [2.45, 2.75) is 31.9 Å².